The number of hydrogen-bond acceptors (Lipinski definition) is 5. The molecule has 0 fully saturated rings. The second-order valence-corrected chi connectivity index (χ2v) is 4.08. The van der Waals surface area contributed by atoms with Gasteiger partial charge in [-0.3, -0.25) is 10.1 Å². The Labute approximate surface area is 109 Å². The second kappa shape index (κ2) is 5.43. The van der Waals surface area contributed by atoms with E-state index in [9.17, 15) is 15.2 Å². The highest BCUT2D eigenvalue weighted by atomic mass is 16.6. The van der Waals surface area contributed by atoms with E-state index in [1.165, 1.54) is 12.1 Å². The average molecular weight is 262 g/mol. The van der Waals surface area contributed by atoms with Gasteiger partial charge in [0, 0.05) is 0 Å². The molecule has 0 saturated carbocycles. The van der Waals surface area contributed by atoms with Crippen LogP contribution in [0.5, 0.6) is 5.75 Å². The number of nitrogens with one attached hydrogen (secondary N) is 1. The Bertz CT molecular complexity index is 566. The first kappa shape index (κ1) is 12.9. The van der Waals surface area contributed by atoms with Crippen molar-refractivity contribution in [3.05, 3.63) is 52.5 Å². The maximum absolute atomic E-state index is 11.0. The third-order valence-electron chi connectivity index (χ3n) is 2.80. The first-order chi connectivity index (χ1) is 9.11. The quantitative estimate of drug-likeness (QED) is 0.489. The summed E-state index contributed by atoms with van der Waals surface area (Å²) in [5, 5.41) is 23.3. The van der Waals surface area contributed by atoms with Crippen LogP contribution >= 0.6 is 0 Å². The van der Waals surface area contributed by atoms with Crippen molar-refractivity contribution in [1.29, 1.82) is 0 Å². The molecule has 0 aliphatic heterocycles. The zero-order valence-electron chi connectivity index (χ0n) is 10.4. The first-order valence-electron chi connectivity index (χ1n) is 5.89. The minimum absolute atomic E-state index is 0.136. The highest BCUT2D eigenvalue weighted by molar-refractivity contribution is 5.64. The molecule has 2 rings (SSSR count). The summed E-state index contributed by atoms with van der Waals surface area (Å²) in [7, 11) is 0. The molecule has 19 heavy (non-hydrogen) atoms. The molecule has 1 aromatic heterocycles. The molecule has 100 valence electrons. The van der Waals surface area contributed by atoms with Crippen molar-refractivity contribution in [2.45, 2.75) is 19.4 Å². The van der Waals surface area contributed by atoms with E-state index in [0.717, 1.165) is 6.07 Å². The molecular weight excluding hydrogens is 248 g/mol. The van der Waals surface area contributed by atoms with Gasteiger partial charge in [0.05, 0.1) is 23.3 Å². The number of nitro benzene ring substituents is 1. The molecule has 0 radical (unpaired) electrons. The van der Waals surface area contributed by atoms with Gasteiger partial charge in [0.15, 0.2) is 0 Å². The van der Waals surface area contributed by atoms with Crippen molar-refractivity contribution in [3.63, 3.8) is 0 Å². The van der Waals surface area contributed by atoms with E-state index in [1.54, 1.807) is 12.3 Å². The fourth-order valence-corrected chi connectivity index (χ4v) is 1.84. The Morgan fingerprint density at radius 1 is 1.47 bits per heavy atom. The molecule has 1 heterocycles. The van der Waals surface area contributed by atoms with Gasteiger partial charge in [-0.1, -0.05) is 6.92 Å². The number of aromatic hydroxyl groups is 1. The Hall–Kier alpha value is -2.50. The van der Waals surface area contributed by atoms with Gasteiger partial charge in [-0.2, -0.15) is 0 Å². The summed E-state index contributed by atoms with van der Waals surface area (Å²) in [6.45, 7) is 1.95. The van der Waals surface area contributed by atoms with Gasteiger partial charge < -0.3 is 14.8 Å². The van der Waals surface area contributed by atoms with E-state index in [0.29, 0.717) is 17.9 Å². The zero-order chi connectivity index (χ0) is 13.8. The smallest absolute Gasteiger partial charge is 0.296 e. The third kappa shape index (κ3) is 2.85. The number of nitrogens with zero attached hydrogens (tertiary/aromatic N) is 1. The van der Waals surface area contributed by atoms with E-state index in [-0.39, 0.29) is 17.5 Å². The van der Waals surface area contributed by atoms with Crippen LogP contribution in [0.1, 0.15) is 25.1 Å². The molecule has 2 N–H and O–H groups in total. The summed E-state index contributed by atoms with van der Waals surface area (Å²) >= 11 is 0. The van der Waals surface area contributed by atoms with Crippen LogP contribution in [0.3, 0.4) is 0 Å². The Kier molecular flexibility index (Phi) is 3.70. The number of nitro groups is 1. The number of furan rings is 1. The number of phenolic OH excluding ortho intramolecular Hbond substituents is 1. The molecular formula is C13H14N2O4. The molecule has 0 bridgehead atoms. The summed E-state index contributed by atoms with van der Waals surface area (Å²) in [6.07, 6.45) is 2.27. The van der Waals surface area contributed by atoms with E-state index >= 15 is 0 Å². The third-order valence-corrected chi connectivity index (χ3v) is 2.80. The van der Waals surface area contributed by atoms with Crippen molar-refractivity contribution in [3.8, 4) is 5.75 Å². The zero-order valence-corrected chi connectivity index (χ0v) is 10.4. The fraction of sp³-hybridized carbons (Fsp3) is 0.231. The van der Waals surface area contributed by atoms with Crippen molar-refractivity contribution >= 4 is 11.4 Å². The highest BCUT2D eigenvalue weighted by Crippen LogP contribution is 2.32. The number of hydrogen-bond donors (Lipinski definition) is 2. The summed E-state index contributed by atoms with van der Waals surface area (Å²) in [6, 6.07) is 7.44. The molecule has 1 atom stereocenters. The minimum Gasteiger partial charge on any atom is -0.508 e. The molecule has 0 saturated heterocycles. The first-order valence-corrected chi connectivity index (χ1v) is 5.89. The Morgan fingerprint density at radius 3 is 2.84 bits per heavy atom. The number of benzene rings is 1. The molecule has 6 heteroatoms. The highest BCUT2D eigenvalue weighted by Gasteiger charge is 2.19. The lowest BCUT2D eigenvalue weighted by Gasteiger charge is -2.16. The monoisotopic (exact) mass is 262 g/mol. The van der Waals surface area contributed by atoms with Crippen molar-refractivity contribution in [2.75, 3.05) is 5.32 Å². The largest absolute Gasteiger partial charge is 0.508 e. The van der Waals surface area contributed by atoms with Crippen LogP contribution in [0.25, 0.3) is 0 Å². The van der Waals surface area contributed by atoms with E-state index in [1.807, 2.05) is 13.0 Å². The predicted molar refractivity (Wildman–Crippen MR) is 70.1 cm³/mol. The molecule has 6 nitrogen and oxygen atoms in total. The molecule has 0 amide bonds. The summed E-state index contributed by atoms with van der Waals surface area (Å²) in [5.74, 6) is 0.577. The molecule has 1 unspecified atom stereocenters. The van der Waals surface area contributed by atoms with Gasteiger partial charge in [0.2, 0.25) is 0 Å². The molecule has 2 aromatic rings. The van der Waals surface area contributed by atoms with Crippen LogP contribution in [0.4, 0.5) is 11.4 Å². The van der Waals surface area contributed by atoms with Crippen molar-refractivity contribution in [2.24, 2.45) is 0 Å². The maximum atomic E-state index is 11.0. The fourth-order valence-electron chi connectivity index (χ4n) is 1.84. The van der Waals surface area contributed by atoms with Gasteiger partial charge in [-0.25, -0.2) is 0 Å². The lowest BCUT2D eigenvalue weighted by Crippen LogP contribution is -2.10. The Morgan fingerprint density at radius 2 is 2.26 bits per heavy atom. The minimum atomic E-state index is -0.531. The molecule has 0 aliphatic carbocycles. The van der Waals surface area contributed by atoms with Crippen molar-refractivity contribution in [1.82, 2.24) is 0 Å². The molecule has 0 aliphatic rings. The maximum Gasteiger partial charge on any atom is 0.296 e. The molecule has 1 aromatic carbocycles. The topological polar surface area (TPSA) is 88.5 Å². The lowest BCUT2D eigenvalue weighted by molar-refractivity contribution is -0.384. The van der Waals surface area contributed by atoms with Crippen LogP contribution in [0.2, 0.25) is 0 Å². The van der Waals surface area contributed by atoms with Gasteiger partial charge in [-0.05, 0) is 30.7 Å². The van der Waals surface area contributed by atoms with E-state index < -0.39 is 4.92 Å². The average Bonchev–Trinajstić information content (AvgIpc) is 2.90. The van der Waals surface area contributed by atoms with Crippen LogP contribution in [0.15, 0.2) is 41.0 Å². The normalized spacial score (nSPS) is 12.1. The summed E-state index contributed by atoms with van der Waals surface area (Å²) in [4.78, 5) is 10.4. The van der Waals surface area contributed by atoms with E-state index in [2.05, 4.69) is 5.32 Å². The number of rotatable bonds is 5. The van der Waals surface area contributed by atoms with Crippen LogP contribution < -0.4 is 5.32 Å². The summed E-state index contributed by atoms with van der Waals surface area (Å²) < 4.78 is 5.30. The second-order valence-electron chi connectivity index (χ2n) is 4.08. The van der Waals surface area contributed by atoms with Crippen LogP contribution in [-0.2, 0) is 0 Å². The van der Waals surface area contributed by atoms with Gasteiger partial charge in [-0.15, -0.1) is 0 Å². The van der Waals surface area contributed by atoms with E-state index in [4.69, 9.17) is 4.42 Å². The van der Waals surface area contributed by atoms with Crippen LogP contribution in [0, 0.1) is 10.1 Å². The van der Waals surface area contributed by atoms with Gasteiger partial charge in [0.25, 0.3) is 5.69 Å². The van der Waals surface area contributed by atoms with Crippen molar-refractivity contribution < 1.29 is 14.4 Å². The van der Waals surface area contributed by atoms with Crippen LogP contribution in [-0.4, -0.2) is 10.0 Å². The SMILES string of the molecule is CCC(Nc1ccc(O)cc1[N+](=O)[O-])c1ccco1. The number of anilines is 1. The standard InChI is InChI=1S/C13H14N2O4/c1-2-10(13-4-3-7-19-13)14-11-6-5-9(16)8-12(11)15(17)18/h3-8,10,14,16H,2H2,1H3. The summed E-state index contributed by atoms with van der Waals surface area (Å²) in [5.41, 5.74) is 0.191. The van der Waals surface area contributed by atoms with Gasteiger partial charge >= 0.3 is 0 Å². The Balaban J connectivity index is 2.29. The lowest BCUT2D eigenvalue weighted by atomic mass is 10.1. The number of phenols is 1. The van der Waals surface area contributed by atoms with Gasteiger partial charge in [0.1, 0.15) is 17.2 Å². The predicted octanol–water partition coefficient (Wildman–Crippen LogP) is 3.46. The molecule has 0 spiro atoms.